The molecule has 0 spiro atoms. The van der Waals surface area contributed by atoms with Gasteiger partial charge < -0.3 is 50.7 Å². The number of carbonyl (C=O) groups is 3. The number of benzene rings is 2. The van der Waals surface area contributed by atoms with Crippen LogP contribution < -0.4 is 26.6 Å². The van der Waals surface area contributed by atoms with Crippen molar-refractivity contribution in [3.63, 3.8) is 0 Å². The van der Waals surface area contributed by atoms with Crippen molar-refractivity contribution in [2.75, 3.05) is 95.4 Å². The summed E-state index contributed by atoms with van der Waals surface area (Å²) < 4.78 is 54.7. The maximum Gasteiger partial charge on any atom is 0.416 e. The van der Waals surface area contributed by atoms with E-state index in [2.05, 4.69) is 37.7 Å². The first-order chi connectivity index (χ1) is 27.9. The molecular formula is C41H58F3N7O7. The number of hydrogen-bond acceptors (Lipinski definition) is 11. The van der Waals surface area contributed by atoms with Crippen LogP contribution in [0, 0.1) is 0 Å². The Morgan fingerprint density at radius 2 is 1.71 bits per heavy atom. The van der Waals surface area contributed by atoms with Gasteiger partial charge in [0.05, 0.1) is 44.2 Å². The van der Waals surface area contributed by atoms with Gasteiger partial charge in [-0.05, 0) is 81.3 Å². The number of halogens is 3. The van der Waals surface area contributed by atoms with Gasteiger partial charge in [-0.3, -0.25) is 14.5 Å². The van der Waals surface area contributed by atoms with Crippen molar-refractivity contribution in [2.24, 2.45) is 10.7 Å². The lowest BCUT2D eigenvalue weighted by atomic mass is 10.1. The molecule has 2 aliphatic rings. The summed E-state index contributed by atoms with van der Waals surface area (Å²) in [4.78, 5) is 40.2. The summed E-state index contributed by atoms with van der Waals surface area (Å²) in [5.74, 6) is -0.575. The van der Waals surface area contributed by atoms with Gasteiger partial charge in [-0.25, -0.2) is 0 Å². The van der Waals surface area contributed by atoms with Crippen molar-refractivity contribution in [2.45, 2.75) is 44.8 Å². The lowest BCUT2D eigenvalue weighted by molar-refractivity contribution is -0.137. The minimum absolute atomic E-state index is 0.0695. The Morgan fingerprint density at radius 3 is 2.34 bits per heavy atom. The molecule has 0 bridgehead atoms. The lowest BCUT2D eigenvalue weighted by Gasteiger charge is -2.29. The SMILES string of the molecule is CCCOCCOCCOCCN(C)CC1=CC=CC(C=O)N1.CNc1ccc(N2CCCCC2)cc1C(=O)N=C(N)/C=C\Nc1cccc(C(F)(F)F)c1.O=CO. The highest BCUT2D eigenvalue weighted by molar-refractivity contribution is 6.09. The van der Waals surface area contributed by atoms with E-state index < -0.39 is 17.6 Å². The normalized spacial score (nSPS) is 15.4. The predicted molar refractivity (Wildman–Crippen MR) is 221 cm³/mol. The second kappa shape index (κ2) is 28.2. The first-order valence-corrected chi connectivity index (χ1v) is 19.1. The van der Waals surface area contributed by atoms with E-state index in [4.69, 9.17) is 29.8 Å². The maximum absolute atomic E-state index is 12.8. The van der Waals surface area contributed by atoms with Crippen LogP contribution in [0.5, 0.6) is 0 Å². The largest absolute Gasteiger partial charge is 0.483 e. The van der Waals surface area contributed by atoms with Crippen LogP contribution in [0.25, 0.3) is 0 Å². The Hall–Kier alpha value is -5.23. The summed E-state index contributed by atoms with van der Waals surface area (Å²) in [5.41, 5.74) is 8.36. The zero-order valence-electron chi connectivity index (χ0n) is 33.5. The number of nitrogens with two attached hydrogens (primary N) is 1. The van der Waals surface area contributed by atoms with Crippen LogP contribution in [0.1, 0.15) is 48.5 Å². The van der Waals surface area contributed by atoms with Gasteiger partial charge in [-0.15, -0.1) is 0 Å². The van der Waals surface area contributed by atoms with Crippen molar-refractivity contribution >= 4 is 41.6 Å². The molecule has 2 aromatic rings. The van der Waals surface area contributed by atoms with E-state index in [0.717, 1.165) is 81.9 Å². The molecule has 1 fully saturated rings. The number of amides is 1. The van der Waals surface area contributed by atoms with E-state index in [0.29, 0.717) is 44.3 Å². The first-order valence-electron chi connectivity index (χ1n) is 19.1. The molecule has 58 heavy (non-hydrogen) atoms. The van der Waals surface area contributed by atoms with Gasteiger partial charge >= 0.3 is 6.18 Å². The number of amidine groups is 1. The van der Waals surface area contributed by atoms with E-state index >= 15 is 0 Å². The summed E-state index contributed by atoms with van der Waals surface area (Å²) in [6.07, 6.45) is 9.36. The zero-order chi connectivity index (χ0) is 42.6. The first kappa shape index (κ1) is 48.9. The second-order valence-electron chi connectivity index (χ2n) is 13.0. The van der Waals surface area contributed by atoms with Crippen LogP contribution in [-0.2, 0) is 30.0 Å². The number of likely N-dealkylation sites (N-methyl/N-ethyl adjacent to an activating group) is 1. The molecule has 2 aliphatic heterocycles. The minimum atomic E-state index is -4.43. The summed E-state index contributed by atoms with van der Waals surface area (Å²) in [6, 6.07) is 10.2. The topological polar surface area (TPSA) is 180 Å². The maximum atomic E-state index is 12.8. The molecule has 6 N–H and O–H groups in total. The Bertz CT molecular complexity index is 1650. The number of nitrogens with one attached hydrogen (secondary N) is 3. The monoisotopic (exact) mass is 817 g/mol. The molecule has 0 aliphatic carbocycles. The van der Waals surface area contributed by atoms with E-state index in [1.165, 1.54) is 30.8 Å². The lowest BCUT2D eigenvalue weighted by Crippen LogP contribution is -2.36. The van der Waals surface area contributed by atoms with E-state index in [1.54, 1.807) is 13.1 Å². The number of carbonyl (C=O) groups excluding carboxylic acids is 2. The quantitative estimate of drug-likeness (QED) is 0.0487. The average molecular weight is 818 g/mol. The number of ether oxygens (including phenoxy) is 3. The molecule has 0 aromatic heterocycles. The number of piperidine rings is 1. The van der Waals surface area contributed by atoms with Gasteiger partial charge in [0.25, 0.3) is 12.4 Å². The second-order valence-corrected chi connectivity index (χ2v) is 13.0. The predicted octanol–water partition coefficient (Wildman–Crippen LogP) is 5.55. The molecule has 0 radical (unpaired) electrons. The highest BCUT2D eigenvalue weighted by atomic mass is 19.4. The van der Waals surface area contributed by atoms with E-state index in [1.807, 2.05) is 37.4 Å². The van der Waals surface area contributed by atoms with Crippen LogP contribution in [0.15, 0.2) is 83.7 Å². The standard InChI is InChI=1S/C23H26F3N5O.C17H30N2O4.CH2O2/c1-28-20-9-8-18(31-12-3-2-4-13-31)15-19(20)22(32)30-21(27)10-11-29-17-7-5-6-16(14-17)23(24,25)26;1-3-8-21-10-12-23-13-11-22-9-7-19(2)14-16-5-4-6-17(15-20)18-16;2-1-3/h5-11,14-15,28-29H,2-4,12-13H2,1H3,(H2,27,30,32);4-6,15,17-18H,3,7-14H2,1-2H3;1H,(H,2,3)/b11-10-;;. The Kier molecular flexibility index (Phi) is 23.8. The molecule has 0 saturated carbocycles. The smallest absolute Gasteiger partial charge is 0.416 e. The van der Waals surface area contributed by atoms with Crippen molar-refractivity contribution in [1.29, 1.82) is 0 Å². The summed E-state index contributed by atoms with van der Waals surface area (Å²) in [6.45, 7) is 9.23. The van der Waals surface area contributed by atoms with Crippen molar-refractivity contribution < 1.29 is 46.9 Å². The molecule has 1 saturated heterocycles. The number of dihydropyridines is 1. The van der Waals surface area contributed by atoms with Crippen LogP contribution in [0.2, 0.25) is 0 Å². The number of nitrogens with zero attached hydrogens (tertiary/aromatic N) is 3. The number of alkyl halides is 3. The fourth-order valence-corrected chi connectivity index (χ4v) is 5.56. The number of aldehydes is 1. The van der Waals surface area contributed by atoms with Crippen molar-refractivity contribution in [3.05, 3.63) is 89.8 Å². The molecule has 320 valence electrons. The molecule has 14 nitrogen and oxygen atoms in total. The van der Waals surface area contributed by atoms with Crippen LogP contribution in [-0.4, -0.2) is 120 Å². The average Bonchev–Trinajstić information content (AvgIpc) is 3.22. The molecule has 4 rings (SSSR count). The fraction of sp³-hybridized carbons (Fsp3) is 0.463. The number of hydrogen-bond donors (Lipinski definition) is 5. The molecule has 1 amide bonds. The Balaban J connectivity index is 0.000000394. The van der Waals surface area contributed by atoms with Gasteiger partial charge in [0, 0.05) is 68.8 Å². The van der Waals surface area contributed by atoms with Crippen LogP contribution >= 0.6 is 0 Å². The highest BCUT2D eigenvalue weighted by Crippen LogP contribution is 2.31. The third-order valence-corrected chi connectivity index (χ3v) is 8.41. The number of anilines is 3. The number of carboxylic acid groups (broad SMARTS) is 1. The summed E-state index contributed by atoms with van der Waals surface area (Å²) in [5, 5.41) is 15.7. The Morgan fingerprint density at radius 1 is 1.03 bits per heavy atom. The third-order valence-electron chi connectivity index (χ3n) is 8.41. The van der Waals surface area contributed by atoms with Crippen LogP contribution in [0.3, 0.4) is 0 Å². The van der Waals surface area contributed by atoms with Crippen molar-refractivity contribution in [3.8, 4) is 0 Å². The number of aliphatic imine (C=N–C) groups is 1. The molecule has 2 heterocycles. The summed E-state index contributed by atoms with van der Waals surface area (Å²) >= 11 is 0. The molecule has 1 atom stereocenters. The fourth-order valence-electron chi connectivity index (χ4n) is 5.56. The zero-order valence-corrected chi connectivity index (χ0v) is 33.5. The number of rotatable bonds is 20. The van der Waals surface area contributed by atoms with Gasteiger partial charge in [0.1, 0.15) is 18.2 Å². The van der Waals surface area contributed by atoms with E-state index in [-0.39, 0.29) is 24.0 Å². The van der Waals surface area contributed by atoms with Crippen LogP contribution in [0.4, 0.5) is 30.2 Å². The molecular weight excluding hydrogens is 759 g/mol. The Labute approximate surface area is 339 Å². The van der Waals surface area contributed by atoms with Gasteiger partial charge in [0.15, 0.2) is 0 Å². The molecule has 17 heteroatoms. The van der Waals surface area contributed by atoms with E-state index in [9.17, 15) is 22.8 Å². The van der Waals surface area contributed by atoms with Crippen molar-refractivity contribution in [1.82, 2.24) is 10.2 Å². The minimum Gasteiger partial charge on any atom is -0.483 e. The molecule has 1 unspecified atom stereocenters. The van der Waals surface area contributed by atoms with Gasteiger partial charge in [-0.2, -0.15) is 18.2 Å². The van der Waals surface area contributed by atoms with Gasteiger partial charge in [-0.1, -0.05) is 25.1 Å². The molecule has 2 aromatic carbocycles. The third kappa shape index (κ3) is 19.8. The summed E-state index contributed by atoms with van der Waals surface area (Å²) in [7, 11) is 3.75. The van der Waals surface area contributed by atoms with Gasteiger partial charge in [0.2, 0.25) is 0 Å². The number of allylic oxidation sites excluding steroid dienone is 2. The highest BCUT2D eigenvalue weighted by Gasteiger charge is 2.30.